The third kappa shape index (κ3) is 3.08. The molecular formula is C35H50NO+. The summed E-state index contributed by atoms with van der Waals surface area (Å²) < 4.78 is 9.78. The average Bonchev–Trinajstić information content (AvgIpc) is 3.55. The molecular weight excluding hydrogens is 450 g/mol. The number of unbranched alkanes of at least 4 members (excludes halogenated alkanes) is 2. The molecule has 2 bridgehead atoms. The first-order chi connectivity index (χ1) is 17.6. The zero-order valence-electron chi connectivity index (χ0n) is 24.9. The molecule has 6 rings (SSSR count). The van der Waals surface area contributed by atoms with Gasteiger partial charge in [-0.05, 0) is 87.5 Å². The molecule has 0 radical (unpaired) electrons. The Balaban J connectivity index is 1.59. The highest BCUT2D eigenvalue weighted by Crippen LogP contribution is 2.59. The highest BCUT2D eigenvalue weighted by molar-refractivity contribution is 5.71. The molecule has 2 aromatic rings. The van der Waals surface area contributed by atoms with Crippen LogP contribution in [-0.4, -0.2) is 5.60 Å². The monoisotopic (exact) mass is 500 g/mol. The van der Waals surface area contributed by atoms with E-state index in [4.69, 9.17) is 4.74 Å². The van der Waals surface area contributed by atoms with Gasteiger partial charge in [0.1, 0.15) is 11.4 Å². The maximum absolute atomic E-state index is 6.99. The molecule has 0 amide bonds. The molecule has 0 saturated heterocycles. The van der Waals surface area contributed by atoms with E-state index in [0.717, 1.165) is 43.3 Å². The van der Waals surface area contributed by atoms with Crippen LogP contribution in [0.15, 0.2) is 24.4 Å². The molecule has 37 heavy (non-hydrogen) atoms. The second-order valence-corrected chi connectivity index (χ2v) is 13.9. The van der Waals surface area contributed by atoms with Crippen molar-refractivity contribution in [3.8, 4) is 17.0 Å². The lowest BCUT2D eigenvalue weighted by atomic mass is 9.58. The number of ether oxygens (including phenoxy) is 1. The molecule has 200 valence electrons. The van der Waals surface area contributed by atoms with Crippen LogP contribution in [-0.2, 0) is 16.4 Å². The van der Waals surface area contributed by atoms with Crippen LogP contribution < -0.4 is 9.30 Å². The highest BCUT2D eigenvalue weighted by atomic mass is 16.5. The van der Waals surface area contributed by atoms with E-state index in [-0.39, 0.29) is 22.0 Å². The van der Waals surface area contributed by atoms with E-state index in [0.29, 0.717) is 0 Å². The van der Waals surface area contributed by atoms with Gasteiger partial charge >= 0.3 is 0 Å². The summed E-state index contributed by atoms with van der Waals surface area (Å²) in [5.41, 5.74) is 9.17. The molecule has 0 spiro atoms. The van der Waals surface area contributed by atoms with Crippen molar-refractivity contribution in [2.24, 2.45) is 0 Å². The van der Waals surface area contributed by atoms with Crippen LogP contribution in [0.4, 0.5) is 0 Å². The molecule has 4 aliphatic rings. The van der Waals surface area contributed by atoms with Gasteiger partial charge in [0.15, 0.2) is 11.7 Å². The quantitative estimate of drug-likeness (QED) is 0.273. The van der Waals surface area contributed by atoms with Crippen LogP contribution >= 0.6 is 0 Å². The maximum atomic E-state index is 6.99. The maximum Gasteiger partial charge on any atom is 0.213 e. The summed E-state index contributed by atoms with van der Waals surface area (Å²) >= 11 is 0. The number of fused-ring (bicyclic) bond motifs is 9. The number of benzene rings is 1. The highest BCUT2D eigenvalue weighted by Gasteiger charge is 2.60. The van der Waals surface area contributed by atoms with Gasteiger partial charge in [-0.2, -0.15) is 4.57 Å². The second kappa shape index (κ2) is 8.33. The lowest BCUT2D eigenvalue weighted by Crippen LogP contribution is -2.69. The largest absolute Gasteiger partial charge is 0.486 e. The van der Waals surface area contributed by atoms with Crippen LogP contribution in [0.5, 0.6) is 5.75 Å². The standard InChI is InChI=1S/C35H50NO/c1-9-13-14-17-34(8)32(5,6)29-19-26-28(21-31(29)37-34)33(7,10-2)35(11-3,12-4)36-22-27-24-16-15-23(18-24)25(27)20-30(26)36/h19-24H,9-18H2,1-8H3/q+1. The third-order valence-electron chi connectivity index (χ3n) is 12.4. The zero-order valence-corrected chi connectivity index (χ0v) is 24.9. The molecule has 4 atom stereocenters. The fraction of sp³-hybridized carbons (Fsp3) is 0.686. The summed E-state index contributed by atoms with van der Waals surface area (Å²) in [6.07, 6.45) is 15.1. The van der Waals surface area contributed by atoms with Crippen molar-refractivity contribution in [2.75, 3.05) is 0 Å². The fourth-order valence-electron chi connectivity index (χ4n) is 9.35. The lowest BCUT2D eigenvalue weighted by Gasteiger charge is -2.48. The van der Waals surface area contributed by atoms with Crippen molar-refractivity contribution < 1.29 is 9.30 Å². The normalized spacial score (nSPS) is 31.5. The molecule has 2 aliphatic carbocycles. The summed E-state index contributed by atoms with van der Waals surface area (Å²) in [5.74, 6) is 2.72. The van der Waals surface area contributed by atoms with Gasteiger partial charge in [-0.25, -0.2) is 0 Å². The van der Waals surface area contributed by atoms with E-state index in [9.17, 15) is 0 Å². The lowest BCUT2D eigenvalue weighted by molar-refractivity contribution is -0.770. The van der Waals surface area contributed by atoms with Crippen LogP contribution in [0.2, 0.25) is 0 Å². The van der Waals surface area contributed by atoms with Gasteiger partial charge in [0.25, 0.3) is 0 Å². The van der Waals surface area contributed by atoms with E-state index in [1.54, 1.807) is 11.1 Å². The van der Waals surface area contributed by atoms with Crippen molar-refractivity contribution in [3.63, 3.8) is 0 Å². The molecule has 0 N–H and O–H groups in total. The number of rotatable bonds is 7. The number of pyridine rings is 1. The summed E-state index contributed by atoms with van der Waals surface area (Å²) in [6, 6.07) is 7.72. The van der Waals surface area contributed by atoms with Gasteiger partial charge in [0, 0.05) is 35.4 Å². The molecule has 4 unspecified atom stereocenters. The Morgan fingerprint density at radius 3 is 2.19 bits per heavy atom. The first-order valence-electron chi connectivity index (χ1n) is 15.6. The molecule has 1 aromatic carbocycles. The number of hydrogen-bond acceptors (Lipinski definition) is 1. The Kier molecular flexibility index (Phi) is 5.73. The van der Waals surface area contributed by atoms with Crippen LogP contribution in [0.3, 0.4) is 0 Å². The van der Waals surface area contributed by atoms with Crippen LogP contribution in [0.25, 0.3) is 11.3 Å². The van der Waals surface area contributed by atoms with Crippen LogP contribution in [0.1, 0.15) is 154 Å². The van der Waals surface area contributed by atoms with Crippen molar-refractivity contribution in [2.45, 2.75) is 153 Å². The van der Waals surface area contributed by atoms with Crippen molar-refractivity contribution in [1.82, 2.24) is 0 Å². The molecule has 1 fully saturated rings. The van der Waals surface area contributed by atoms with Crippen LogP contribution in [0, 0.1) is 0 Å². The zero-order chi connectivity index (χ0) is 26.4. The smallest absolute Gasteiger partial charge is 0.213 e. The Morgan fingerprint density at radius 1 is 0.838 bits per heavy atom. The van der Waals surface area contributed by atoms with E-state index in [1.807, 2.05) is 0 Å². The average molecular weight is 501 g/mol. The summed E-state index contributed by atoms with van der Waals surface area (Å²) in [5, 5.41) is 0. The molecule has 2 aliphatic heterocycles. The van der Waals surface area contributed by atoms with Crippen molar-refractivity contribution in [1.29, 1.82) is 0 Å². The van der Waals surface area contributed by atoms with E-state index >= 15 is 0 Å². The van der Waals surface area contributed by atoms with Gasteiger partial charge in [-0.15, -0.1) is 0 Å². The minimum atomic E-state index is -0.156. The first kappa shape index (κ1) is 25.4. The SMILES string of the molecule is CCCCCC1(C)Oc2cc3c(cc2C1(C)C)-c1cc2c(c[n+]1C(CC)(CC)C3(C)CC)C1CCC2C1. The van der Waals surface area contributed by atoms with Crippen molar-refractivity contribution >= 4 is 0 Å². The number of aromatic nitrogens is 1. The number of nitrogens with zero attached hydrogens (tertiary/aromatic N) is 1. The fourth-order valence-corrected chi connectivity index (χ4v) is 9.35. The predicted molar refractivity (Wildman–Crippen MR) is 154 cm³/mol. The second-order valence-electron chi connectivity index (χ2n) is 13.9. The van der Waals surface area contributed by atoms with Gasteiger partial charge in [0.2, 0.25) is 5.69 Å². The topological polar surface area (TPSA) is 13.1 Å². The van der Waals surface area contributed by atoms with Gasteiger partial charge in [-0.1, -0.05) is 54.4 Å². The van der Waals surface area contributed by atoms with E-state index in [1.165, 1.54) is 60.9 Å². The predicted octanol–water partition coefficient (Wildman–Crippen LogP) is 9.21. The summed E-state index contributed by atoms with van der Waals surface area (Å²) in [6.45, 7) is 19.3. The van der Waals surface area contributed by atoms with Gasteiger partial charge in [-0.3, -0.25) is 0 Å². The molecule has 3 heterocycles. The van der Waals surface area contributed by atoms with Gasteiger partial charge in [0.05, 0.1) is 11.0 Å². The molecule has 2 nitrogen and oxygen atoms in total. The molecule has 1 aromatic heterocycles. The third-order valence-corrected chi connectivity index (χ3v) is 12.4. The number of hydrogen-bond donors (Lipinski definition) is 0. The minimum absolute atomic E-state index is 0.0155. The van der Waals surface area contributed by atoms with E-state index in [2.05, 4.69) is 84.4 Å². The Morgan fingerprint density at radius 2 is 1.54 bits per heavy atom. The van der Waals surface area contributed by atoms with E-state index < -0.39 is 0 Å². The summed E-state index contributed by atoms with van der Waals surface area (Å²) in [7, 11) is 0. The molecule has 2 heteroatoms. The minimum Gasteiger partial charge on any atom is -0.486 e. The summed E-state index contributed by atoms with van der Waals surface area (Å²) in [4.78, 5) is 0. The molecule has 1 saturated carbocycles. The van der Waals surface area contributed by atoms with Crippen molar-refractivity contribution in [3.05, 3.63) is 46.6 Å². The van der Waals surface area contributed by atoms with Gasteiger partial charge < -0.3 is 4.74 Å². The Labute approximate surface area is 226 Å². The Bertz CT molecular complexity index is 1240. The first-order valence-corrected chi connectivity index (χ1v) is 15.6. The Hall–Kier alpha value is -1.83.